The zero-order valence-corrected chi connectivity index (χ0v) is 11.0. The van der Waals surface area contributed by atoms with E-state index >= 15 is 0 Å². The van der Waals surface area contributed by atoms with Crippen LogP contribution in [0.2, 0.25) is 0 Å². The van der Waals surface area contributed by atoms with Crippen LogP contribution in [-0.2, 0) is 6.54 Å². The van der Waals surface area contributed by atoms with Crippen LogP contribution in [-0.4, -0.2) is 18.6 Å². The molecule has 1 aromatic heterocycles. The van der Waals surface area contributed by atoms with Crippen molar-refractivity contribution >= 4 is 11.3 Å². The summed E-state index contributed by atoms with van der Waals surface area (Å²) in [6, 6.07) is 4.37. The molecule has 0 radical (unpaired) electrons. The van der Waals surface area contributed by atoms with Crippen LogP contribution >= 0.6 is 11.3 Å². The molecule has 3 heteroatoms. The maximum Gasteiger partial charge on any atom is 0.0300 e. The van der Waals surface area contributed by atoms with Gasteiger partial charge in [0.15, 0.2) is 0 Å². The molecule has 0 saturated heterocycles. The zero-order chi connectivity index (χ0) is 11.3. The van der Waals surface area contributed by atoms with Gasteiger partial charge in [0.2, 0.25) is 0 Å². The van der Waals surface area contributed by atoms with Crippen LogP contribution in [0.5, 0.6) is 0 Å². The van der Waals surface area contributed by atoms with E-state index in [2.05, 4.69) is 50.5 Å². The fourth-order valence-electron chi connectivity index (χ4n) is 1.32. The predicted molar refractivity (Wildman–Crippen MR) is 68.5 cm³/mol. The molecule has 0 aliphatic rings. The number of hydrogen-bond donors (Lipinski definition) is 2. The number of thiophene rings is 1. The van der Waals surface area contributed by atoms with E-state index in [0.717, 1.165) is 19.6 Å². The Morgan fingerprint density at radius 2 is 1.93 bits per heavy atom. The van der Waals surface area contributed by atoms with Crippen molar-refractivity contribution in [2.75, 3.05) is 13.1 Å². The van der Waals surface area contributed by atoms with E-state index in [1.165, 1.54) is 9.75 Å². The molecule has 1 aromatic rings. The molecule has 1 heterocycles. The molecule has 0 atom stereocenters. The fourth-order valence-corrected chi connectivity index (χ4v) is 2.18. The van der Waals surface area contributed by atoms with Crippen LogP contribution in [0.25, 0.3) is 0 Å². The number of nitrogens with one attached hydrogen (secondary N) is 2. The third kappa shape index (κ3) is 5.92. The third-order valence-electron chi connectivity index (χ3n) is 2.05. The summed E-state index contributed by atoms with van der Waals surface area (Å²) >= 11 is 1.87. The van der Waals surface area contributed by atoms with E-state index in [4.69, 9.17) is 0 Å². The van der Waals surface area contributed by atoms with Crippen molar-refractivity contribution in [2.24, 2.45) is 0 Å². The lowest BCUT2D eigenvalue weighted by atomic mass is 10.1. The number of aryl methyl sites for hydroxylation is 1. The van der Waals surface area contributed by atoms with Gasteiger partial charge in [-0.25, -0.2) is 0 Å². The summed E-state index contributed by atoms with van der Waals surface area (Å²) in [6.45, 7) is 11.8. The minimum atomic E-state index is 0.223. The molecule has 1 rings (SSSR count). The number of hydrogen-bond acceptors (Lipinski definition) is 3. The van der Waals surface area contributed by atoms with Gasteiger partial charge in [-0.1, -0.05) is 0 Å². The van der Waals surface area contributed by atoms with Crippen molar-refractivity contribution in [1.82, 2.24) is 10.6 Å². The van der Waals surface area contributed by atoms with Crippen molar-refractivity contribution in [3.63, 3.8) is 0 Å². The van der Waals surface area contributed by atoms with Crippen LogP contribution in [0.1, 0.15) is 30.5 Å². The van der Waals surface area contributed by atoms with Crippen LogP contribution in [0.15, 0.2) is 12.1 Å². The summed E-state index contributed by atoms with van der Waals surface area (Å²) in [5, 5.41) is 6.89. The summed E-state index contributed by atoms with van der Waals surface area (Å²) in [5.41, 5.74) is 0.223. The molecule has 86 valence electrons. The fraction of sp³-hybridized carbons (Fsp3) is 0.667. The van der Waals surface area contributed by atoms with Gasteiger partial charge in [-0.2, -0.15) is 0 Å². The first-order chi connectivity index (χ1) is 6.97. The molecule has 0 amide bonds. The summed E-state index contributed by atoms with van der Waals surface area (Å²) < 4.78 is 0. The highest BCUT2D eigenvalue weighted by Gasteiger charge is 2.06. The Bertz CT molecular complexity index is 286. The minimum absolute atomic E-state index is 0.223. The van der Waals surface area contributed by atoms with E-state index < -0.39 is 0 Å². The Morgan fingerprint density at radius 3 is 2.47 bits per heavy atom. The van der Waals surface area contributed by atoms with Crippen molar-refractivity contribution in [3.8, 4) is 0 Å². The Morgan fingerprint density at radius 1 is 1.20 bits per heavy atom. The van der Waals surface area contributed by atoms with Crippen molar-refractivity contribution in [1.29, 1.82) is 0 Å². The van der Waals surface area contributed by atoms with Crippen LogP contribution in [0.3, 0.4) is 0 Å². The molecule has 0 aromatic carbocycles. The molecule has 0 bridgehead atoms. The SMILES string of the molecule is Cc1ccc(CNCCNC(C)(C)C)s1. The summed E-state index contributed by atoms with van der Waals surface area (Å²) in [5.74, 6) is 0. The highest BCUT2D eigenvalue weighted by molar-refractivity contribution is 7.11. The molecule has 2 N–H and O–H groups in total. The minimum Gasteiger partial charge on any atom is -0.311 e. The van der Waals surface area contributed by atoms with Crippen molar-refractivity contribution in [3.05, 3.63) is 21.9 Å². The van der Waals surface area contributed by atoms with E-state index in [-0.39, 0.29) is 5.54 Å². The average molecular weight is 226 g/mol. The third-order valence-corrected chi connectivity index (χ3v) is 3.05. The van der Waals surface area contributed by atoms with E-state index in [1.807, 2.05) is 11.3 Å². The first-order valence-corrected chi connectivity index (χ1v) is 6.30. The quantitative estimate of drug-likeness (QED) is 0.754. The topological polar surface area (TPSA) is 24.1 Å². The maximum atomic E-state index is 3.45. The monoisotopic (exact) mass is 226 g/mol. The van der Waals surface area contributed by atoms with Crippen molar-refractivity contribution in [2.45, 2.75) is 39.8 Å². The highest BCUT2D eigenvalue weighted by atomic mass is 32.1. The molecule has 2 nitrogen and oxygen atoms in total. The van der Waals surface area contributed by atoms with Gasteiger partial charge in [0.1, 0.15) is 0 Å². The van der Waals surface area contributed by atoms with Crippen LogP contribution in [0, 0.1) is 6.92 Å². The Labute approximate surface area is 97.1 Å². The molecule has 0 saturated carbocycles. The smallest absolute Gasteiger partial charge is 0.0300 e. The first-order valence-electron chi connectivity index (χ1n) is 5.48. The second-order valence-electron chi connectivity index (χ2n) is 4.87. The molecular formula is C12H22N2S. The largest absolute Gasteiger partial charge is 0.311 e. The van der Waals surface area contributed by atoms with Gasteiger partial charge in [-0.3, -0.25) is 0 Å². The standard InChI is InChI=1S/C12H22N2S/c1-10-5-6-11(15-10)9-13-7-8-14-12(2,3)4/h5-6,13-14H,7-9H2,1-4H3. The number of rotatable bonds is 5. The van der Waals surface area contributed by atoms with Gasteiger partial charge in [-0.15, -0.1) is 11.3 Å². The van der Waals surface area contributed by atoms with Gasteiger partial charge in [0, 0.05) is 34.9 Å². The molecule has 15 heavy (non-hydrogen) atoms. The van der Waals surface area contributed by atoms with Gasteiger partial charge in [-0.05, 0) is 39.8 Å². The van der Waals surface area contributed by atoms with Gasteiger partial charge < -0.3 is 10.6 Å². The zero-order valence-electron chi connectivity index (χ0n) is 10.2. The second-order valence-corrected chi connectivity index (χ2v) is 6.24. The summed E-state index contributed by atoms with van der Waals surface area (Å²) in [4.78, 5) is 2.81. The maximum absolute atomic E-state index is 3.45. The Balaban J connectivity index is 2.07. The normalized spacial score (nSPS) is 12.0. The molecule has 0 fully saturated rings. The predicted octanol–water partition coefficient (Wildman–Crippen LogP) is 2.53. The second kappa shape index (κ2) is 5.64. The van der Waals surface area contributed by atoms with Crippen LogP contribution in [0.4, 0.5) is 0 Å². The molecule has 0 aliphatic heterocycles. The first kappa shape index (κ1) is 12.7. The Hall–Kier alpha value is -0.380. The average Bonchev–Trinajstić information content (AvgIpc) is 2.49. The molecule has 0 unspecified atom stereocenters. The molecule has 0 spiro atoms. The lowest BCUT2D eigenvalue weighted by molar-refractivity contribution is 0.422. The summed E-state index contributed by atoms with van der Waals surface area (Å²) in [6.07, 6.45) is 0. The highest BCUT2D eigenvalue weighted by Crippen LogP contribution is 2.14. The van der Waals surface area contributed by atoms with Gasteiger partial charge in [0.25, 0.3) is 0 Å². The van der Waals surface area contributed by atoms with E-state index in [0.29, 0.717) is 0 Å². The Kier molecular flexibility index (Phi) is 4.77. The molecule has 0 aliphatic carbocycles. The van der Waals surface area contributed by atoms with Crippen molar-refractivity contribution < 1.29 is 0 Å². The van der Waals surface area contributed by atoms with Gasteiger partial charge >= 0.3 is 0 Å². The van der Waals surface area contributed by atoms with E-state index in [1.54, 1.807) is 0 Å². The van der Waals surface area contributed by atoms with Crippen LogP contribution < -0.4 is 10.6 Å². The van der Waals surface area contributed by atoms with Gasteiger partial charge in [0.05, 0.1) is 0 Å². The lowest BCUT2D eigenvalue weighted by Crippen LogP contribution is -2.40. The lowest BCUT2D eigenvalue weighted by Gasteiger charge is -2.20. The summed E-state index contributed by atoms with van der Waals surface area (Å²) in [7, 11) is 0. The van der Waals surface area contributed by atoms with E-state index in [9.17, 15) is 0 Å². The molecular weight excluding hydrogens is 204 g/mol.